The maximum atomic E-state index is 13.1. The van der Waals surface area contributed by atoms with E-state index in [4.69, 9.17) is 5.11 Å². The summed E-state index contributed by atoms with van der Waals surface area (Å²) in [6, 6.07) is 0.393. The van der Waals surface area contributed by atoms with E-state index < -0.39 is 23.3 Å². The molecule has 0 spiro atoms. The number of alkyl halides is 3. The Morgan fingerprint density at radius 3 is 2.29 bits per heavy atom. The van der Waals surface area contributed by atoms with Gasteiger partial charge >= 0.3 is 6.18 Å². The molecule has 6 heteroatoms. The summed E-state index contributed by atoms with van der Waals surface area (Å²) in [7, 11) is 0. The number of phenolic OH excluding ortho intramolecular Hbond substituents is 1. The minimum Gasteiger partial charge on any atom is -0.507 e. The third kappa shape index (κ3) is 1.94. The van der Waals surface area contributed by atoms with Gasteiger partial charge in [0, 0.05) is 5.56 Å². The topological polar surface area (TPSA) is 20.2 Å². The van der Waals surface area contributed by atoms with Gasteiger partial charge in [-0.05, 0) is 35.6 Å². The zero-order valence-corrected chi connectivity index (χ0v) is 9.07. The molecule has 0 amide bonds. The Kier molecular flexibility index (Phi) is 2.93. The van der Waals surface area contributed by atoms with E-state index in [0.29, 0.717) is 6.07 Å². The smallest absolute Gasteiger partial charge is 0.419 e. The van der Waals surface area contributed by atoms with Crippen molar-refractivity contribution in [2.24, 2.45) is 0 Å². The van der Waals surface area contributed by atoms with Crippen LogP contribution in [0.5, 0.6) is 5.75 Å². The number of rotatable bonds is 0. The van der Waals surface area contributed by atoms with Crippen LogP contribution < -0.4 is 0 Å². The Balaban J connectivity index is 3.49. The Morgan fingerprint density at radius 1 is 1.36 bits per heavy atom. The highest BCUT2D eigenvalue weighted by Crippen LogP contribution is 2.37. The fraction of sp³-hybridized carbons (Fsp3) is 0.250. The van der Waals surface area contributed by atoms with Crippen LogP contribution in [0.3, 0.4) is 0 Å². The molecule has 1 aromatic rings. The summed E-state index contributed by atoms with van der Waals surface area (Å²) in [5.41, 5.74) is -1.63. The summed E-state index contributed by atoms with van der Waals surface area (Å²) >= 11 is 1.58. The summed E-state index contributed by atoms with van der Waals surface area (Å²) in [6.07, 6.45) is -4.78. The standard InChI is InChI=1S/C8H5F4IO/c1-3-6(9)4(8(10,11)12)2-5(14)7(3)13/h2,14H,1H3. The fourth-order valence-corrected chi connectivity index (χ4v) is 1.35. The van der Waals surface area contributed by atoms with Gasteiger partial charge in [-0.25, -0.2) is 4.39 Å². The quantitative estimate of drug-likeness (QED) is 0.573. The third-order valence-electron chi connectivity index (χ3n) is 1.71. The lowest BCUT2D eigenvalue weighted by Gasteiger charge is -2.11. The van der Waals surface area contributed by atoms with Crippen LogP contribution in [0.4, 0.5) is 17.6 Å². The molecule has 0 aliphatic carbocycles. The highest BCUT2D eigenvalue weighted by molar-refractivity contribution is 14.1. The van der Waals surface area contributed by atoms with Crippen molar-refractivity contribution in [1.29, 1.82) is 0 Å². The first-order valence-corrected chi connectivity index (χ1v) is 4.57. The van der Waals surface area contributed by atoms with Crippen molar-refractivity contribution in [3.63, 3.8) is 0 Å². The van der Waals surface area contributed by atoms with Crippen molar-refractivity contribution in [2.75, 3.05) is 0 Å². The van der Waals surface area contributed by atoms with E-state index in [1.54, 1.807) is 22.6 Å². The Bertz CT molecular complexity index is 373. The molecule has 0 unspecified atom stereocenters. The maximum absolute atomic E-state index is 13.1. The number of aromatic hydroxyl groups is 1. The van der Waals surface area contributed by atoms with Crippen LogP contribution in [0.15, 0.2) is 6.07 Å². The third-order valence-corrected chi connectivity index (χ3v) is 3.07. The first kappa shape index (κ1) is 11.5. The van der Waals surface area contributed by atoms with Gasteiger partial charge in [0.2, 0.25) is 0 Å². The van der Waals surface area contributed by atoms with Gasteiger partial charge < -0.3 is 5.11 Å². The highest BCUT2D eigenvalue weighted by Gasteiger charge is 2.36. The molecule has 14 heavy (non-hydrogen) atoms. The number of hydrogen-bond donors (Lipinski definition) is 1. The van der Waals surface area contributed by atoms with Crippen LogP contribution in [-0.4, -0.2) is 5.11 Å². The lowest BCUT2D eigenvalue weighted by molar-refractivity contribution is -0.140. The Morgan fingerprint density at radius 2 is 1.86 bits per heavy atom. The molecule has 0 radical (unpaired) electrons. The van der Waals surface area contributed by atoms with Gasteiger partial charge in [0.15, 0.2) is 0 Å². The second-order valence-corrected chi connectivity index (χ2v) is 3.77. The molecule has 1 N–H and O–H groups in total. The van der Waals surface area contributed by atoms with Gasteiger partial charge in [0.1, 0.15) is 11.6 Å². The zero-order valence-electron chi connectivity index (χ0n) is 6.91. The van der Waals surface area contributed by atoms with E-state index in [1.807, 2.05) is 0 Å². The number of phenols is 1. The Hall–Kier alpha value is -0.530. The molecule has 1 nitrogen and oxygen atoms in total. The van der Waals surface area contributed by atoms with Crippen LogP contribution in [0.1, 0.15) is 11.1 Å². The van der Waals surface area contributed by atoms with E-state index in [1.165, 1.54) is 6.92 Å². The molecular formula is C8H5F4IO. The predicted octanol–water partition coefficient (Wildman–Crippen LogP) is 3.46. The summed E-state index contributed by atoms with van der Waals surface area (Å²) in [5.74, 6) is -1.89. The van der Waals surface area contributed by atoms with Gasteiger partial charge in [-0.1, -0.05) is 0 Å². The van der Waals surface area contributed by atoms with Gasteiger partial charge in [-0.15, -0.1) is 0 Å². The molecule has 0 heterocycles. The van der Waals surface area contributed by atoms with Crippen molar-refractivity contribution >= 4 is 22.6 Å². The molecule has 0 aliphatic rings. The molecule has 0 fully saturated rings. The SMILES string of the molecule is Cc1c(F)c(C(F)(F)F)cc(O)c1I. The minimum atomic E-state index is -4.78. The zero-order chi connectivity index (χ0) is 11.1. The summed E-state index contributed by atoms with van der Waals surface area (Å²) in [6.45, 7) is 1.19. The van der Waals surface area contributed by atoms with Crippen LogP contribution in [0, 0.1) is 16.3 Å². The van der Waals surface area contributed by atoms with Crippen LogP contribution in [0.25, 0.3) is 0 Å². The predicted molar refractivity (Wildman–Crippen MR) is 50.5 cm³/mol. The van der Waals surface area contributed by atoms with Crippen molar-refractivity contribution < 1.29 is 22.7 Å². The van der Waals surface area contributed by atoms with Gasteiger partial charge in [0.05, 0.1) is 9.13 Å². The highest BCUT2D eigenvalue weighted by atomic mass is 127. The molecular weight excluding hydrogens is 315 g/mol. The number of halogens is 5. The first-order chi connectivity index (χ1) is 6.25. The summed E-state index contributed by atoms with van der Waals surface area (Å²) in [5, 5.41) is 9.09. The van der Waals surface area contributed by atoms with Crippen LogP contribution in [-0.2, 0) is 6.18 Å². The monoisotopic (exact) mass is 320 g/mol. The molecule has 78 valence electrons. The molecule has 1 rings (SSSR count). The average Bonchev–Trinajstić information content (AvgIpc) is 2.06. The van der Waals surface area contributed by atoms with Crippen molar-refractivity contribution in [3.8, 4) is 5.75 Å². The second kappa shape index (κ2) is 3.56. The minimum absolute atomic E-state index is 0.0908. The maximum Gasteiger partial charge on any atom is 0.419 e. The molecule has 0 aromatic heterocycles. The summed E-state index contributed by atoms with van der Waals surface area (Å²) < 4.78 is 49.8. The molecule has 0 aliphatic heterocycles. The van der Waals surface area contributed by atoms with Crippen molar-refractivity contribution in [1.82, 2.24) is 0 Å². The lowest BCUT2D eigenvalue weighted by atomic mass is 10.1. The molecule has 0 saturated heterocycles. The van der Waals surface area contributed by atoms with Crippen LogP contribution in [0.2, 0.25) is 0 Å². The molecule has 0 atom stereocenters. The molecule has 0 bridgehead atoms. The number of hydrogen-bond acceptors (Lipinski definition) is 1. The van der Waals surface area contributed by atoms with E-state index in [2.05, 4.69) is 0 Å². The van der Waals surface area contributed by atoms with Crippen molar-refractivity contribution in [2.45, 2.75) is 13.1 Å². The molecule has 1 aromatic carbocycles. The van der Waals surface area contributed by atoms with Gasteiger partial charge in [-0.2, -0.15) is 13.2 Å². The number of benzene rings is 1. The van der Waals surface area contributed by atoms with Gasteiger partial charge in [-0.3, -0.25) is 0 Å². The first-order valence-electron chi connectivity index (χ1n) is 3.50. The Labute approximate surface area is 90.9 Å². The van der Waals surface area contributed by atoms with Crippen molar-refractivity contribution in [3.05, 3.63) is 26.6 Å². The van der Waals surface area contributed by atoms with E-state index in [0.717, 1.165) is 0 Å². The lowest BCUT2D eigenvalue weighted by Crippen LogP contribution is -2.10. The molecule has 0 saturated carbocycles. The van der Waals surface area contributed by atoms with Crippen LogP contribution >= 0.6 is 22.6 Å². The van der Waals surface area contributed by atoms with Gasteiger partial charge in [0.25, 0.3) is 0 Å². The normalized spacial score (nSPS) is 11.9. The van der Waals surface area contributed by atoms with E-state index in [9.17, 15) is 17.6 Å². The fourth-order valence-electron chi connectivity index (χ4n) is 0.960. The largest absolute Gasteiger partial charge is 0.507 e. The van der Waals surface area contributed by atoms with E-state index >= 15 is 0 Å². The average molecular weight is 320 g/mol. The second-order valence-electron chi connectivity index (χ2n) is 2.69. The van der Waals surface area contributed by atoms with E-state index in [-0.39, 0.29) is 9.13 Å². The summed E-state index contributed by atoms with van der Waals surface area (Å²) in [4.78, 5) is 0.